The second-order valence-electron chi connectivity index (χ2n) is 14.4. The number of thiophene rings is 1. The molecule has 0 spiro atoms. The van der Waals surface area contributed by atoms with E-state index in [1.807, 2.05) is 17.5 Å². The van der Waals surface area contributed by atoms with Crippen molar-refractivity contribution in [3.05, 3.63) is 72.4 Å². The molecule has 0 saturated heterocycles. The van der Waals surface area contributed by atoms with Crippen LogP contribution in [0.25, 0.3) is 42.2 Å². The molecule has 5 rings (SSSR count). The van der Waals surface area contributed by atoms with Crippen molar-refractivity contribution in [2.24, 2.45) is 17.8 Å². The summed E-state index contributed by atoms with van der Waals surface area (Å²) in [6, 6.07) is 27.2. The van der Waals surface area contributed by atoms with E-state index in [0.29, 0.717) is 17.8 Å². The van der Waals surface area contributed by atoms with Crippen LogP contribution in [-0.2, 0) is 5.41 Å². The molecule has 0 radical (unpaired) electrons. The van der Waals surface area contributed by atoms with Crippen LogP contribution >= 0.6 is 11.3 Å². The van der Waals surface area contributed by atoms with Gasteiger partial charge in [0, 0.05) is 27.2 Å². The third kappa shape index (κ3) is 5.52. The zero-order chi connectivity index (χ0) is 28.8. The lowest BCUT2D eigenvalue weighted by Gasteiger charge is -2.37. The molecule has 5 aromatic rings. The second-order valence-corrected chi connectivity index (χ2v) is 19.7. The van der Waals surface area contributed by atoms with Crippen LogP contribution in [0.3, 0.4) is 0 Å². The van der Waals surface area contributed by atoms with E-state index < -0.39 is 8.07 Å². The Morgan fingerprint density at radius 3 is 1.93 bits per heavy atom. The Kier molecular flexibility index (Phi) is 8.02. The maximum Gasteiger partial charge on any atom is 0.0893 e. The second kappa shape index (κ2) is 11.1. The lowest BCUT2D eigenvalue weighted by atomic mass is 9.82. The fourth-order valence-corrected chi connectivity index (χ4v) is 16.3. The third-order valence-corrected chi connectivity index (χ3v) is 16.1. The molecule has 0 aliphatic heterocycles. The topological polar surface area (TPSA) is 12.9 Å². The van der Waals surface area contributed by atoms with E-state index in [2.05, 4.69) is 123 Å². The Labute approximate surface area is 247 Å². The summed E-state index contributed by atoms with van der Waals surface area (Å²) < 4.78 is 2.86. The van der Waals surface area contributed by atoms with Gasteiger partial charge in [0.1, 0.15) is 0 Å². The number of hydrogen-bond acceptors (Lipinski definition) is 2. The molecule has 3 heteroatoms. The minimum absolute atomic E-state index is 0.0482. The van der Waals surface area contributed by atoms with E-state index in [0.717, 1.165) is 5.69 Å². The van der Waals surface area contributed by atoms with E-state index in [-0.39, 0.29) is 5.41 Å². The normalized spacial score (nSPS) is 13.1. The molecule has 0 aliphatic rings. The fourth-order valence-electron chi connectivity index (χ4n) is 7.34. The Balaban J connectivity index is 1.80. The molecule has 0 atom stereocenters. The highest BCUT2D eigenvalue weighted by Gasteiger charge is 2.38. The predicted molar refractivity (Wildman–Crippen MR) is 183 cm³/mol. The maximum atomic E-state index is 5.06. The molecule has 0 bridgehead atoms. The van der Waals surface area contributed by atoms with E-state index in [9.17, 15) is 0 Å². The number of benzene rings is 3. The van der Waals surface area contributed by atoms with Gasteiger partial charge in [-0.25, -0.2) is 0 Å². The number of fused-ring (bicyclic) bond motifs is 4. The first-order chi connectivity index (χ1) is 18.9. The van der Waals surface area contributed by atoms with Gasteiger partial charge >= 0.3 is 0 Å². The van der Waals surface area contributed by atoms with E-state index in [1.54, 1.807) is 5.19 Å². The van der Waals surface area contributed by atoms with Gasteiger partial charge in [-0.3, -0.25) is 4.98 Å². The maximum absolute atomic E-state index is 5.06. The summed E-state index contributed by atoms with van der Waals surface area (Å²) >= 11 is 2.01. The zero-order valence-electron chi connectivity index (χ0n) is 26.1. The molecular weight excluding hydrogens is 519 g/mol. The monoisotopic (exact) mass is 565 g/mol. The highest BCUT2D eigenvalue weighted by atomic mass is 32.1. The minimum atomic E-state index is -1.76. The molecule has 0 amide bonds. The molecule has 0 fully saturated rings. The summed E-state index contributed by atoms with van der Waals surface area (Å²) in [6.45, 7) is 21.6. The first-order valence-electron chi connectivity index (χ1n) is 15.2. The van der Waals surface area contributed by atoms with Crippen LogP contribution in [0.2, 0.25) is 18.1 Å². The van der Waals surface area contributed by atoms with Crippen molar-refractivity contribution in [2.75, 3.05) is 0 Å². The van der Waals surface area contributed by atoms with Gasteiger partial charge in [-0.15, -0.1) is 11.3 Å². The number of nitrogens with zero attached hydrogens (tertiary/aromatic N) is 1. The lowest BCUT2D eigenvalue weighted by Crippen LogP contribution is -2.50. The van der Waals surface area contributed by atoms with Gasteiger partial charge in [-0.05, 0) is 62.9 Å². The Hall–Kier alpha value is -2.49. The number of pyridine rings is 1. The van der Waals surface area contributed by atoms with Crippen molar-refractivity contribution in [1.29, 1.82) is 0 Å². The fraction of sp³-hybridized carbons (Fsp3) is 0.432. The van der Waals surface area contributed by atoms with Crippen molar-refractivity contribution in [3.63, 3.8) is 0 Å². The Bertz CT molecular complexity index is 1620. The summed E-state index contributed by atoms with van der Waals surface area (Å²) in [6.07, 6.45) is 2.03. The number of hydrogen-bond donors (Lipinski definition) is 0. The standard InChI is InChI=1S/C37H47NSSi/c1-24(2)21-40(22-25(3)4,23-26(5)6)33-16-12-15-30-31-17-18-38-34(36(31)39-35(30)33)28-19-27-13-10-11-14-29(27)32(20-28)37(7,8)9/h10-20,24-26H,21-23H2,1-9H3. The van der Waals surface area contributed by atoms with Crippen LogP contribution in [0.5, 0.6) is 0 Å². The van der Waals surface area contributed by atoms with E-state index in [1.165, 1.54) is 60.2 Å². The Morgan fingerprint density at radius 2 is 1.30 bits per heavy atom. The van der Waals surface area contributed by atoms with Crippen LogP contribution in [0, 0.1) is 17.8 Å². The molecule has 210 valence electrons. The first-order valence-corrected chi connectivity index (χ1v) is 18.7. The lowest BCUT2D eigenvalue weighted by molar-refractivity contribution is 0.596. The molecule has 0 unspecified atom stereocenters. The molecule has 0 saturated carbocycles. The number of aromatic nitrogens is 1. The van der Waals surface area contributed by atoms with E-state index >= 15 is 0 Å². The molecule has 0 aliphatic carbocycles. The minimum Gasteiger partial charge on any atom is -0.255 e. The van der Waals surface area contributed by atoms with Crippen molar-refractivity contribution in [3.8, 4) is 11.3 Å². The van der Waals surface area contributed by atoms with Crippen molar-refractivity contribution < 1.29 is 0 Å². The highest BCUT2D eigenvalue weighted by molar-refractivity contribution is 7.28. The van der Waals surface area contributed by atoms with E-state index in [4.69, 9.17) is 4.98 Å². The molecule has 2 heterocycles. The summed E-state index contributed by atoms with van der Waals surface area (Å²) in [5.74, 6) is 2.12. The number of rotatable bonds is 8. The van der Waals surface area contributed by atoms with Crippen molar-refractivity contribution >= 4 is 55.5 Å². The molecule has 3 aromatic carbocycles. The van der Waals surface area contributed by atoms with Crippen LogP contribution < -0.4 is 5.19 Å². The van der Waals surface area contributed by atoms with Gasteiger partial charge < -0.3 is 0 Å². The molecule has 40 heavy (non-hydrogen) atoms. The smallest absolute Gasteiger partial charge is 0.0893 e. The van der Waals surface area contributed by atoms with Crippen LogP contribution in [0.15, 0.2) is 66.9 Å². The van der Waals surface area contributed by atoms with Crippen LogP contribution in [0.1, 0.15) is 67.9 Å². The average Bonchev–Trinajstić information content (AvgIpc) is 3.25. The van der Waals surface area contributed by atoms with Gasteiger partial charge in [0.05, 0.1) is 18.5 Å². The summed E-state index contributed by atoms with van der Waals surface area (Å²) in [5.41, 5.74) is 3.80. The Morgan fingerprint density at radius 1 is 0.700 bits per heavy atom. The van der Waals surface area contributed by atoms with Gasteiger partial charge in [0.2, 0.25) is 0 Å². The highest BCUT2D eigenvalue weighted by Crippen LogP contribution is 2.43. The van der Waals surface area contributed by atoms with Gasteiger partial charge in [-0.1, -0.05) is 123 Å². The predicted octanol–water partition coefficient (Wildman–Crippen LogP) is 11.2. The molecule has 0 N–H and O–H groups in total. The largest absolute Gasteiger partial charge is 0.255 e. The quantitative estimate of drug-likeness (QED) is 0.170. The summed E-state index contributed by atoms with van der Waals surface area (Å²) in [5, 5.41) is 7.12. The SMILES string of the molecule is CC(C)C[Si](CC(C)C)(CC(C)C)c1cccc2c1sc1c(-c3cc(C(C)(C)C)c4ccccc4c3)nccc12. The van der Waals surface area contributed by atoms with Gasteiger partial charge in [0.15, 0.2) is 0 Å². The summed E-state index contributed by atoms with van der Waals surface area (Å²) in [4.78, 5) is 5.06. The van der Waals surface area contributed by atoms with Crippen LogP contribution in [-0.4, -0.2) is 13.1 Å². The molecule has 1 nitrogen and oxygen atoms in total. The summed E-state index contributed by atoms with van der Waals surface area (Å²) in [7, 11) is -1.76. The third-order valence-electron chi connectivity index (χ3n) is 8.33. The molecule has 2 aromatic heterocycles. The van der Waals surface area contributed by atoms with Gasteiger partial charge in [0.25, 0.3) is 0 Å². The van der Waals surface area contributed by atoms with Crippen molar-refractivity contribution in [1.82, 2.24) is 4.98 Å². The molecular formula is C37H47NSSi. The zero-order valence-corrected chi connectivity index (χ0v) is 27.9. The van der Waals surface area contributed by atoms with Crippen molar-refractivity contribution in [2.45, 2.75) is 85.9 Å². The van der Waals surface area contributed by atoms with Gasteiger partial charge in [-0.2, -0.15) is 0 Å². The van der Waals surface area contributed by atoms with Crippen LogP contribution in [0.4, 0.5) is 0 Å². The average molecular weight is 566 g/mol. The first kappa shape index (κ1) is 29.0.